The van der Waals surface area contributed by atoms with Crippen molar-refractivity contribution in [3.63, 3.8) is 0 Å². The fourth-order valence-corrected chi connectivity index (χ4v) is 4.88. The Morgan fingerprint density at radius 3 is 2.45 bits per heavy atom. The first-order chi connectivity index (χ1) is 13.8. The molecule has 1 saturated heterocycles. The highest BCUT2D eigenvalue weighted by Gasteiger charge is 2.30. The van der Waals surface area contributed by atoms with Gasteiger partial charge in [0.2, 0.25) is 10.0 Å². The molecule has 0 unspecified atom stereocenters. The number of aryl methyl sites for hydroxylation is 1. The van der Waals surface area contributed by atoms with Gasteiger partial charge in [-0.3, -0.25) is 4.79 Å². The van der Waals surface area contributed by atoms with E-state index >= 15 is 0 Å². The maximum atomic E-state index is 13.0. The third-order valence-corrected chi connectivity index (χ3v) is 7.11. The number of carbonyl (C=O) groups is 2. The van der Waals surface area contributed by atoms with Gasteiger partial charge in [0.15, 0.2) is 11.5 Å². The number of benzene rings is 1. The van der Waals surface area contributed by atoms with Gasteiger partial charge in [0.05, 0.1) is 10.6 Å². The van der Waals surface area contributed by atoms with E-state index in [1.807, 2.05) is 6.92 Å². The molecule has 0 N–H and O–H groups in total. The Balaban J connectivity index is 1.53. The molecule has 2 heterocycles. The molecule has 0 saturated carbocycles. The summed E-state index contributed by atoms with van der Waals surface area (Å²) in [6, 6.07) is 4.59. The number of piperazine rings is 1. The molecule has 2 aromatic rings. The zero-order valence-electron chi connectivity index (χ0n) is 15.6. The molecular formula is C17H19FN4O5S2. The third kappa shape index (κ3) is 4.77. The fourth-order valence-electron chi connectivity index (χ4n) is 2.81. The number of nitrogens with zero attached hydrogens (tertiary/aromatic N) is 4. The van der Waals surface area contributed by atoms with Gasteiger partial charge in [-0.1, -0.05) is 11.4 Å². The topological polar surface area (TPSA) is 110 Å². The second-order valence-electron chi connectivity index (χ2n) is 6.22. The summed E-state index contributed by atoms with van der Waals surface area (Å²) in [7, 11) is -3.76. The van der Waals surface area contributed by atoms with E-state index in [1.54, 1.807) is 0 Å². The maximum Gasteiger partial charge on any atom is 0.352 e. The van der Waals surface area contributed by atoms with Crippen LogP contribution in [-0.4, -0.2) is 71.9 Å². The van der Waals surface area contributed by atoms with Gasteiger partial charge in [0.25, 0.3) is 5.91 Å². The minimum Gasteiger partial charge on any atom is -0.451 e. The van der Waals surface area contributed by atoms with Crippen LogP contribution >= 0.6 is 11.5 Å². The molecule has 1 fully saturated rings. The molecule has 1 aromatic heterocycles. The lowest BCUT2D eigenvalue weighted by atomic mass is 10.3. The van der Waals surface area contributed by atoms with Crippen molar-refractivity contribution in [2.24, 2.45) is 0 Å². The van der Waals surface area contributed by atoms with Crippen LogP contribution in [0.1, 0.15) is 22.3 Å². The summed E-state index contributed by atoms with van der Waals surface area (Å²) < 4.78 is 48.2. The SMILES string of the molecule is CCc1nnsc1C(=O)OCC(=O)N1CCN(S(=O)(=O)c2ccc(F)cc2)CC1. The highest BCUT2D eigenvalue weighted by Crippen LogP contribution is 2.18. The number of amides is 1. The fraction of sp³-hybridized carbons (Fsp3) is 0.412. The van der Waals surface area contributed by atoms with Gasteiger partial charge in [0, 0.05) is 26.2 Å². The van der Waals surface area contributed by atoms with E-state index in [0.29, 0.717) is 12.1 Å². The Labute approximate surface area is 171 Å². The number of hydrogen-bond donors (Lipinski definition) is 0. The number of hydrogen-bond acceptors (Lipinski definition) is 8. The number of ether oxygens (including phenoxy) is 1. The molecular weight excluding hydrogens is 423 g/mol. The Bertz CT molecular complexity index is 986. The van der Waals surface area contributed by atoms with Crippen LogP contribution in [0.2, 0.25) is 0 Å². The predicted molar refractivity (Wildman–Crippen MR) is 101 cm³/mol. The number of sulfonamides is 1. The second kappa shape index (κ2) is 8.93. The molecule has 29 heavy (non-hydrogen) atoms. The van der Waals surface area contributed by atoms with E-state index in [9.17, 15) is 22.4 Å². The molecule has 1 amide bonds. The largest absolute Gasteiger partial charge is 0.451 e. The quantitative estimate of drug-likeness (QED) is 0.612. The highest BCUT2D eigenvalue weighted by atomic mass is 32.2. The van der Waals surface area contributed by atoms with Crippen molar-refractivity contribution in [2.45, 2.75) is 18.2 Å². The summed E-state index contributed by atoms with van der Waals surface area (Å²) >= 11 is 0.914. The van der Waals surface area contributed by atoms with Crippen molar-refractivity contribution < 1.29 is 27.1 Å². The molecule has 1 aliphatic rings. The Morgan fingerprint density at radius 1 is 1.17 bits per heavy atom. The van der Waals surface area contributed by atoms with Crippen LogP contribution in [0.5, 0.6) is 0 Å². The Hall–Kier alpha value is -2.44. The van der Waals surface area contributed by atoms with E-state index < -0.39 is 34.3 Å². The zero-order valence-corrected chi connectivity index (χ0v) is 17.2. The van der Waals surface area contributed by atoms with Crippen LogP contribution in [0.3, 0.4) is 0 Å². The first-order valence-electron chi connectivity index (χ1n) is 8.84. The van der Waals surface area contributed by atoms with Crippen LogP contribution in [0, 0.1) is 5.82 Å². The van der Waals surface area contributed by atoms with Crippen LogP contribution in [0.4, 0.5) is 4.39 Å². The molecule has 1 aliphatic heterocycles. The predicted octanol–water partition coefficient (Wildman–Crippen LogP) is 0.929. The summed E-state index contributed by atoms with van der Waals surface area (Å²) in [6.45, 7) is 1.91. The van der Waals surface area contributed by atoms with Crippen LogP contribution in [-0.2, 0) is 26.0 Å². The lowest BCUT2D eigenvalue weighted by Crippen LogP contribution is -2.51. The molecule has 12 heteroatoms. The summed E-state index contributed by atoms with van der Waals surface area (Å²) in [4.78, 5) is 26.1. The summed E-state index contributed by atoms with van der Waals surface area (Å²) in [6.07, 6.45) is 0.527. The monoisotopic (exact) mass is 442 g/mol. The van der Waals surface area contributed by atoms with E-state index in [-0.39, 0.29) is 36.0 Å². The first kappa shape index (κ1) is 21.3. The van der Waals surface area contributed by atoms with Crippen molar-refractivity contribution in [2.75, 3.05) is 32.8 Å². The summed E-state index contributed by atoms with van der Waals surface area (Å²) in [5.41, 5.74) is 0.520. The lowest BCUT2D eigenvalue weighted by molar-refractivity contribution is -0.135. The van der Waals surface area contributed by atoms with E-state index in [0.717, 1.165) is 23.7 Å². The van der Waals surface area contributed by atoms with Gasteiger partial charge < -0.3 is 9.64 Å². The molecule has 0 bridgehead atoms. The number of halogens is 1. The van der Waals surface area contributed by atoms with Gasteiger partial charge in [-0.2, -0.15) is 4.31 Å². The van der Waals surface area contributed by atoms with Crippen molar-refractivity contribution in [1.29, 1.82) is 0 Å². The van der Waals surface area contributed by atoms with Gasteiger partial charge in [-0.25, -0.2) is 17.6 Å². The maximum absolute atomic E-state index is 13.0. The normalized spacial score (nSPS) is 15.3. The first-order valence-corrected chi connectivity index (χ1v) is 11.1. The molecule has 9 nitrogen and oxygen atoms in total. The molecule has 1 aromatic carbocycles. The van der Waals surface area contributed by atoms with Gasteiger partial charge in [-0.15, -0.1) is 5.10 Å². The van der Waals surface area contributed by atoms with Crippen molar-refractivity contribution in [3.05, 3.63) is 40.7 Å². The van der Waals surface area contributed by atoms with Gasteiger partial charge >= 0.3 is 5.97 Å². The van der Waals surface area contributed by atoms with Crippen molar-refractivity contribution >= 4 is 33.4 Å². The molecule has 0 aliphatic carbocycles. The smallest absolute Gasteiger partial charge is 0.352 e. The second-order valence-corrected chi connectivity index (χ2v) is 8.91. The van der Waals surface area contributed by atoms with Crippen molar-refractivity contribution in [3.8, 4) is 0 Å². The number of aromatic nitrogens is 2. The van der Waals surface area contributed by atoms with Gasteiger partial charge in [-0.05, 0) is 42.2 Å². The van der Waals surface area contributed by atoms with Crippen LogP contribution in [0.25, 0.3) is 0 Å². The standard InChI is InChI=1S/C17H19FN4O5S2/c1-2-14-16(28-20-19-14)17(24)27-11-15(23)21-7-9-22(10-8-21)29(25,26)13-5-3-12(18)4-6-13/h3-6H,2,7-11H2,1H3. The third-order valence-electron chi connectivity index (χ3n) is 4.45. The Kier molecular flexibility index (Phi) is 6.55. The van der Waals surface area contributed by atoms with E-state index in [2.05, 4.69) is 9.59 Å². The summed E-state index contributed by atoms with van der Waals surface area (Å²) in [5, 5.41) is 3.82. The molecule has 3 rings (SSSR count). The van der Waals surface area contributed by atoms with Gasteiger partial charge in [0.1, 0.15) is 5.82 Å². The molecule has 156 valence electrons. The molecule has 0 radical (unpaired) electrons. The van der Waals surface area contributed by atoms with Crippen LogP contribution in [0.15, 0.2) is 29.2 Å². The highest BCUT2D eigenvalue weighted by molar-refractivity contribution is 7.89. The van der Waals surface area contributed by atoms with E-state index in [1.165, 1.54) is 21.3 Å². The average Bonchev–Trinajstić information content (AvgIpc) is 3.21. The minimum atomic E-state index is -3.76. The Morgan fingerprint density at radius 2 is 1.83 bits per heavy atom. The lowest BCUT2D eigenvalue weighted by Gasteiger charge is -2.33. The summed E-state index contributed by atoms with van der Waals surface area (Å²) in [5.74, 6) is -1.58. The minimum absolute atomic E-state index is 0.00231. The number of carbonyl (C=O) groups excluding carboxylic acids is 2. The number of esters is 1. The van der Waals surface area contributed by atoms with Crippen molar-refractivity contribution in [1.82, 2.24) is 18.8 Å². The molecule has 0 atom stereocenters. The number of rotatable bonds is 6. The van der Waals surface area contributed by atoms with E-state index in [4.69, 9.17) is 4.74 Å². The zero-order chi connectivity index (χ0) is 21.0. The molecule has 0 spiro atoms. The van der Waals surface area contributed by atoms with Crippen LogP contribution < -0.4 is 0 Å². The average molecular weight is 442 g/mol.